The lowest BCUT2D eigenvalue weighted by atomic mass is 10.0. The third-order valence-electron chi connectivity index (χ3n) is 3.30. The second kappa shape index (κ2) is 3.09. The second-order valence-electron chi connectivity index (χ2n) is 4.48. The van der Waals surface area contributed by atoms with Gasteiger partial charge in [0.25, 0.3) is 0 Å². The molecule has 2 rings (SSSR count). The van der Waals surface area contributed by atoms with Gasteiger partial charge >= 0.3 is 0 Å². The molecule has 1 saturated carbocycles. The van der Waals surface area contributed by atoms with Gasteiger partial charge in [0.05, 0.1) is 0 Å². The maximum absolute atomic E-state index is 10.8. The maximum Gasteiger partial charge on any atom is 0.124 e. The highest BCUT2D eigenvalue weighted by atomic mass is 35.5. The molecule has 1 fully saturated rings. The monoisotopic (exact) mass is 208 g/mol. The van der Waals surface area contributed by atoms with Crippen LogP contribution in [0.15, 0.2) is 24.3 Å². The van der Waals surface area contributed by atoms with Crippen LogP contribution in [0, 0.1) is 11.3 Å². The fourth-order valence-electron chi connectivity index (χ4n) is 2.25. The van der Waals surface area contributed by atoms with Crippen LogP contribution in [0.1, 0.15) is 25.3 Å². The molecule has 0 aliphatic heterocycles. The van der Waals surface area contributed by atoms with E-state index in [1.807, 2.05) is 24.3 Å². The third-order valence-corrected chi connectivity index (χ3v) is 3.64. The van der Waals surface area contributed by atoms with Crippen molar-refractivity contribution < 1.29 is 4.79 Å². The van der Waals surface area contributed by atoms with Crippen LogP contribution >= 0.6 is 11.6 Å². The first-order valence-corrected chi connectivity index (χ1v) is 5.16. The van der Waals surface area contributed by atoms with Crippen molar-refractivity contribution in [2.24, 2.45) is 11.3 Å². The quantitative estimate of drug-likeness (QED) is 0.682. The Hall–Kier alpha value is -0.820. The van der Waals surface area contributed by atoms with Gasteiger partial charge in [-0.1, -0.05) is 43.6 Å². The van der Waals surface area contributed by atoms with E-state index in [9.17, 15) is 4.79 Å². The van der Waals surface area contributed by atoms with Crippen LogP contribution in [0.5, 0.6) is 0 Å². The molecule has 74 valence electrons. The summed E-state index contributed by atoms with van der Waals surface area (Å²) in [6, 6.07) is 7.78. The van der Waals surface area contributed by atoms with Crippen LogP contribution in [-0.2, 0) is 4.79 Å². The van der Waals surface area contributed by atoms with Crippen molar-refractivity contribution >= 4 is 17.9 Å². The van der Waals surface area contributed by atoms with E-state index in [-0.39, 0.29) is 11.3 Å². The molecule has 1 nitrogen and oxygen atoms in total. The summed E-state index contributed by atoms with van der Waals surface area (Å²) in [4.78, 5) is 10.8. The third kappa shape index (κ3) is 1.27. The van der Waals surface area contributed by atoms with Crippen LogP contribution in [-0.4, -0.2) is 6.29 Å². The van der Waals surface area contributed by atoms with Crippen LogP contribution < -0.4 is 0 Å². The maximum atomic E-state index is 10.8. The van der Waals surface area contributed by atoms with E-state index >= 15 is 0 Å². The van der Waals surface area contributed by atoms with Crippen molar-refractivity contribution in [3.63, 3.8) is 0 Å². The predicted octanol–water partition coefficient (Wildman–Crippen LogP) is 3.28. The molecule has 1 aliphatic carbocycles. The first-order chi connectivity index (χ1) is 6.59. The number of aldehydes is 1. The van der Waals surface area contributed by atoms with Gasteiger partial charge in [-0.25, -0.2) is 0 Å². The Morgan fingerprint density at radius 3 is 2.50 bits per heavy atom. The minimum Gasteiger partial charge on any atom is -0.303 e. The first-order valence-electron chi connectivity index (χ1n) is 4.78. The standard InChI is InChI=1S/C12H13ClO/c1-12(2)9(7-14)11(12)8-5-3-4-6-10(8)13/h3-7,9,11H,1-2H3. The van der Waals surface area contributed by atoms with Crippen molar-refractivity contribution in [2.75, 3.05) is 0 Å². The van der Waals surface area contributed by atoms with Gasteiger partial charge in [0.2, 0.25) is 0 Å². The van der Waals surface area contributed by atoms with Gasteiger partial charge in [-0.05, 0) is 17.0 Å². The van der Waals surface area contributed by atoms with Gasteiger partial charge in [-0.15, -0.1) is 0 Å². The van der Waals surface area contributed by atoms with E-state index in [0.29, 0.717) is 5.92 Å². The Kier molecular flexibility index (Phi) is 2.15. The van der Waals surface area contributed by atoms with Crippen molar-refractivity contribution in [3.05, 3.63) is 34.9 Å². The van der Waals surface area contributed by atoms with Crippen LogP contribution in [0.25, 0.3) is 0 Å². The number of rotatable bonds is 2. The van der Waals surface area contributed by atoms with E-state index in [1.165, 1.54) is 0 Å². The topological polar surface area (TPSA) is 17.1 Å². The van der Waals surface area contributed by atoms with Crippen LogP contribution in [0.3, 0.4) is 0 Å². The summed E-state index contributed by atoms with van der Waals surface area (Å²) in [6.45, 7) is 4.22. The summed E-state index contributed by atoms with van der Waals surface area (Å²) < 4.78 is 0. The number of carbonyl (C=O) groups excluding carboxylic acids is 1. The zero-order valence-corrected chi connectivity index (χ0v) is 9.08. The molecule has 0 heterocycles. The summed E-state index contributed by atoms with van der Waals surface area (Å²) in [7, 11) is 0. The second-order valence-corrected chi connectivity index (χ2v) is 4.89. The molecular weight excluding hydrogens is 196 g/mol. The number of halogens is 1. The average molecular weight is 209 g/mol. The van der Waals surface area contributed by atoms with Crippen molar-refractivity contribution in [2.45, 2.75) is 19.8 Å². The molecule has 0 aromatic heterocycles. The lowest BCUT2D eigenvalue weighted by Gasteiger charge is -2.04. The van der Waals surface area contributed by atoms with E-state index in [0.717, 1.165) is 16.9 Å². The molecule has 14 heavy (non-hydrogen) atoms. The van der Waals surface area contributed by atoms with Gasteiger partial charge in [0.1, 0.15) is 6.29 Å². The van der Waals surface area contributed by atoms with Gasteiger partial charge in [0.15, 0.2) is 0 Å². The van der Waals surface area contributed by atoms with Gasteiger partial charge in [0, 0.05) is 16.9 Å². The van der Waals surface area contributed by atoms with E-state index in [4.69, 9.17) is 11.6 Å². The molecular formula is C12H13ClO. The highest BCUT2D eigenvalue weighted by Gasteiger charge is 2.58. The highest BCUT2D eigenvalue weighted by molar-refractivity contribution is 6.31. The Morgan fingerprint density at radius 1 is 1.36 bits per heavy atom. The Morgan fingerprint density at radius 2 is 2.00 bits per heavy atom. The minimum atomic E-state index is 0.0761. The Labute approximate surface area is 89.1 Å². The van der Waals surface area contributed by atoms with Crippen LogP contribution in [0.4, 0.5) is 0 Å². The fourth-order valence-corrected chi connectivity index (χ4v) is 2.51. The minimum absolute atomic E-state index is 0.0761. The molecule has 0 saturated heterocycles. The largest absolute Gasteiger partial charge is 0.303 e. The number of hydrogen-bond acceptors (Lipinski definition) is 1. The van der Waals surface area contributed by atoms with Crippen molar-refractivity contribution in [1.82, 2.24) is 0 Å². The Bertz CT molecular complexity index is 370. The highest BCUT2D eigenvalue weighted by Crippen LogP contribution is 2.64. The van der Waals surface area contributed by atoms with E-state index in [2.05, 4.69) is 13.8 Å². The summed E-state index contributed by atoms with van der Waals surface area (Å²) in [5.74, 6) is 0.427. The molecule has 0 spiro atoms. The van der Waals surface area contributed by atoms with E-state index < -0.39 is 0 Å². The number of hydrogen-bond donors (Lipinski definition) is 0. The molecule has 1 aromatic rings. The first kappa shape index (κ1) is 9.72. The summed E-state index contributed by atoms with van der Waals surface area (Å²) in [6.07, 6.45) is 1.05. The average Bonchev–Trinajstić information content (AvgIpc) is 2.69. The number of carbonyl (C=O) groups is 1. The van der Waals surface area contributed by atoms with Gasteiger partial charge in [-0.2, -0.15) is 0 Å². The van der Waals surface area contributed by atoms with Crippen molar-refractivity contribution in [1.29, 1.82) is 0 Å². The zero-order chi connectivity index (χ0) is 10.3. The molecule has 1 aliphatic rings. The molecule has 0 radical (unpaired) electrons. The van der Waals surface area contributed by atoms with Crippen molar-refractivity contribution in [3.8, 4) is 0 Å². The SMILES string of the molecule is CC1(C)C(C=O)C1c1ccccc1Cl. The molecule has 0 N–H and O–H groups in total. The van der Waals surface area contributed by atoms with Gasteiger partial charge < -0.3 is 4.79 Å². The molecule has 0 amide bonds. The summed E-state index contributed by atoms with van der Waals surface area (Å²) in [5, 5.41) is 0.773. The molecule has 2 atom stereocenters. The molecule has 2 unspecified atom stereocenters. The smallest absolute Gasteiger partial charge is 0.124 e. The summed E-state index contributed by atoms with van der Waals surface area (Å²) in [5.41, 5.74) is 1.18. The number of benzene rings is 1. The van der Waals surface area contributed by atoms with Gasteiger partial charge in [-0.3, -0.25) is 0 Å². The lowest BCUT2D eigenvalue weighted by Crippen LogP contribution is -1.91. The zero-order valence-electron chi connectivity index (χ0n) is 8.33. The predicted molar refractivity (Wildman–Crippen MR) is 57.5 cm³/mol. The molecule has 0 bridgehead atoms. The fraction of sp³-hybridized carbons (Fsp3) is 0.417. The Balaban J connectivity index is 2.35. The normalized spacial score (nSPS) is 28.5. The summed E-state index contributed by atoms with van der Waals surface area (Å²) >= 11 is 6.09. The van der Waals surface area contributed by atoms with E-state index in [1.54, 1.807) is 0 Å². The van der Waals surface area contributed by atoms with Crippen LogP contribution in [0.2, 0.25) is 5.02 Å². The lowest BCUT2D eigenvalue weighted by molar-refractivity contribution is -0.109. The molecule has 1 aromatic carbocycles. The molecule has 2 heteroatoms.